The van der Waals surface area contributed by atoms with Crippen molar-refractivity contribution in [3.63, 3.8) is 0 Å². The largest absolute Gasteiger partial charge is 0.351 e. The Hall–Kier alpha value is -1.62. The van der Waals surface area contributed by atoms with Gasteiger partial charge in [-0.15, -0.1) is 0 Å². The first kappa shape index (κ1) is 14.8. The molecule has 4 N–H and O–H groups in total. The third-order valence-corrected chi connectivity index (χ3v) is 4.08. The standard InChI is InChI=1S/C15H24N4O/c1-10(2)12-7-11(8-13(18-12)19-16)14(20)17-9-15(3)5-4-6-15/h7-8,10H,4-6,9,16H2,1-3H3,(H,17,20)(H,18,19). The van der Waals surface area contributed by atoms with E-state index in [1.165, 1.54) is 19.3 Å². The van der Waals surface area contributed by atoms with Crippen molar-refractivity contribution in [1.29, 1.82) is 0 Å². The van der Waals surface area contributed by atoms with E-state index in [4.69, 9.17) is 5.84 Å². The number of pyridine rings is 1. The van der Waals surface area contributed by atoms with Crippen LogP contribution in [-0.4, -0.2) is 17.4 Å². The van der Waals surface area contributed by atoms with Crippen LogP contribution >= 0.6 is 0 Å². The third-order valence-electron chi connectivity index (χ3n) is 4.08. The summed E-state index contributed by atoms with van der Waals surface area (Å²) in [5, 5.41) is 3.02. The molecule has 0 aromatic carbocycles. The lowest BCUT2D eigenvalue weighted by Crippen LogP contribution is -2.40. The Morgan fingerprint density at radius 2 is 2.15 bits per heavy atom. The Balaban J connectivity index is 2.10. The molecule has 1 aliphatic rings. The summed E-state index contributed by atoms with van der Waals surface area (Å²) in [7, 11) is 0. The summed E-state index contributed by atoms with van der Waals surface area (Å²) in [5.41, 5.74) is 4.27. The van der Waals surface area contributed by atoms with Gasteiger partial charge in [0, 0.05) is 17.8 Å². The number of hydrogen-bond acceptors (Lipinski definition) is 4. The smallest absolute Gasteiger partial charge is 0.251 e. The van der Waals surface area contributed by atoms with Gasteiger partial charge in [-0.2, -0.15) is 0 Å². The predicted molar refractivity (Wildman–Crippen MR) is 80.4 cm³/mol. The van der Waals surface area contributed by atoms with Gasteiger partial charge in [0.15, 0.2) is 0 Å². The van der Waals surface area contributed by atoms with Gasteiger partial charge < -0.3 is 10.7 Å². The molecule has 0 saturated heterocycles. The lowest BCUT2D eigenvalue weighted by molar-refractivity contribution is 0.0890. The summed E-state index contributed by atoms with van der Waals surface area (Å²) >= 11 is 0. The van der Waals surface area contributed by atoms with E-state index in [0.29, 0.717) is 11.4 Å². The predicted octanol–water partition coefficient (Wildman–Crippen LogP) is 2.41. The van der Waals surface area contributed by atoms with E-state index in [1.54, 1.807) is 6.07 Å². The molecule has 5 heteroatoms. The SMILES string of the molecule is CC(C)c1cc(C(=O)NCC2(C)CCC2)cc(NN)n1. The van der Waals surface area contributed by atoms with E-state index in [0.717, 1.165) is 12.2 Å². The monoisotopic (exact) mass is 276 g/mol. The van der Waals surface area contributed by atoms with Gasteiger partial charge >= 0.3 is 0 Å². The number of carbonyl (C=O) groups is 1. The first-order chi connectivity index (χ1) is 9.43. The van der Waals surface area contributed by atoms with Crippen LogP contribution in [0.4, 0.5) is 5.82 Å². The van der Waals surface area contributed by atoms with Crippen molar-refractivity contribution in [1.82, 2.24) is 10.3 Å². The van der Waals surface area contributed by atoms with Gasteiger partial charge in [0.05, 0.1) is 0 Å². The van der Waals surface area contributed by atoms with E-state index >= 15 is 0 Å². The van der Waals surface area contributed by atoms with E-state index in [-0.39, 0.29) is 17.2 Å². The van der Waals surface area contributed by atoms with Gasteiger partial charge in [-0.1, -0.05) is 27.2 Å². The van der Waals surface area contributed by atoms with Crippen molar-refractivity contribution < 1.29 is 4.79 Å². The number of nitrogens with zero attached hydrogens (tertiary/aromatic N) is 1. The molecular weight excluding hydrogens is 252 g/mol. The number of aromatic nitrogens is 1. The number of nitrogens with two attached hydrogens (primary N) is 1. The van der Waals surface area contributed by atoms with Gasteiger partial charge in [-0.3, -0.25) is 4.79 Å². The zero-order chi connectivity index (χ0) is 14.8. The zero-order valence-electron chi connectivity index (χ0n) is 12.5. The molecule has 1 aromatic heterocycles. The van der Waals surface area contributed by atoms with Crippen LogP contribution in [0.5, 0.6) is 0 Å². The summed E-state index contributed by atoms with van der Waals surface area (Å²) in [6.45, 7) is 7.03. The van der Waals surface area contributed by atoms with E-state index < -0.39 is 0 Å². The molecule has 1 saturated carbocycles. The van der Waals surface area contributed by atoms with Crippen LogP contribution < -0.4 is 16.6 Å². The van der Waals surface area contributed by atoms with Gasteiger partial charge in [-0.05, 0) is 36.3 Å². The Labute approximate surface area is 120 Å². The Kier molecular flexibility index (Phi) is 4.28. The zero-order valence-corrected chi connectivity index (χ0v) is 12.5. The molecule has 1 amide bonds. The van der Waals surface area contributed by atoms with Crippen LogP contribution in [0.3, 0.4) is 0 Å². The molecule has 5 nitrogen and oxygen atoms in total. The molecule has 0 atom stereocenters. The van der Waals surface area contributed by atoms with Crippen LogP contribution in [0.15, 0.2) is 12.1 Å². The van der Waals surface area contributed by atoms with Crippen molar-refractivity contribution in [2.75, 3.05) is 12.0 Å². The Bertz CT molecular complexity index is 495. The number of amides is 1. The van der Waals surface area contributed by atoms with Gasteiger partial charge in [0.2, 0.25) is 0 Å². The highest BCUT2D eigenvalue weighted by molar-refractivity contribution is 5.95. The number of carbonyl (C=O) groups excluding carboxylic acids is 1. The maximum atomic E-state index is 12.3. The van der Waals surface area contributed by atoms with E-state index in [2.05, 4.69) is 22.7 Å². The maximum Gasteiger partial charge on any atom is 0.251 e. The molecule has 0 spiro atoms. The second-order valence-electron chi connectivity index (χ2n) is 6.31. The number of anilines is 1. The first-order valence-corrected chi connectivity index (χ1v) is 7.20. The number of hydrogen-bond donors (Lipinski definition) is 3. The normalized spacial score (nSPS) is 16.6. The summed E-state index contributed by atoms with van der Waals surface area (Å²) in [4.78, 5) is 16.6. The fourth-order valence-electron chi connectivity index (χ4n) is 2.41. The molecule has 1 aliphatic carbocycles. The number of nitrogen functional groups attached to an aromatic ring is 1. The molecular formula is C15H24N4O. The number of hydrazine groups is 1. The van der Waals surface area contributed by atoms with Gasteiger partial charge in [0.1, 0.15) is 5.82 Å². The minimum atomic E-state index is -0.0566. The summed E-state index contributed by atoms with van der Waals surface area (Å²) in [6.07, 6.45) is 3.65. The van der Waals surface area contributed by atoms with Crippen LogP contribution in [0.1, 0.15) is 62.0 Å². The molecule has 1 heterocycles. The molecule has 0 unspecified atom stereocenters. The lowest BCUT2D eigenvalue weighted by Gasteiger charge is -2.38. The van der Waals surface area contributed by atoms with Gasteiger partial charge in [-0.25, -0.2) is 10.8 Å². The maximum absolute atomic E-state index is 12.3. The average molecular weight is 276 g/mol. The molecule has 110 valence electrons. The highest BCUT2D eigenvalue weighted by Crippen LogP contribution is 2.39. The third kappa shape index (κ3) is 3.28. The lowest BCUT2D eigenvalue weighted by atomic mass is 9.70. The second kappa shape index (κ2) is 5.79. The Morgan fingerprint density at radius 3 is 2.65 bits per heavy atom. The van der Waals surface area contributed by atoms with Crippen molar-refractivity contribution in [2.45, 2.75) is 46.0 Å². The molecule has 1 fully saturated rings. The second-order valence-corrected chi connectivity index (χ2v) is 6.31. The fraction of sp³-hybridized carbons (Fsp3) is 0.600. The molecule has 1 aromatic rings. The highest BCUT2D eigenvalue weighted by Gasteiger charge is 2.32. The summed E-state index contributed by atoms with van der Waals surface area (Å²) in [6, 6.07) is 3.52. The van der Waals surface area contributed by atoms with Crippen molar-refractivity contribution in [2.24, 2.45) is 11.3 Å². The van der Waals surface area contributed by atoms with Crippen LogP contribution in [0.25, 0.3) is 0 Å². The molecule has 0 aliphatic heterocycles. The number of nitrogens with one attached hydrogen (secondary N) is 2. The van der Waals surface area contributed by atoms with E-state index in [9.17, 15) is 4.79 Å². The quantitative estimate of drug-likeness (QED) is 0.570. The van der Waals surface area contributed by atoms with Crippen LogP contribution in [0.2, 0.25) is 0 Å². The molecule has 2 rings (SSSR count). The van der Waals surface area contributed by atoms with Crippen molar-refractivity contribution in [3.8, 4) is 0 Å². The first-order valence-electron chi connectivity index (χ1n) is 7.20. The fourth-order valence-corrected chi connectivity index (χ4v) is 2.41. The van der Waals surface area contributed by atoms with E-state index in [1.807, 2.05) is 19.9 Å². The molecule has 0 bridgehead atoms. The van der Waals surface area contributed by atoms with Crippen molar-refractivity contribution >= 4 is 11.7 Å². The van der Waals surface area contributed by atoms with Crippen LogP contribution in [-0.2, 0) is 0 Å². The highest BCUT2D eigenvalue weighted by atomic mass is 16.1. The van der Waals surface area contributed by atoms with Gasteiger partial charge in [0.25, 0.3) is 5.91 Å². The summed E-state index contributed by atoms with van der Waals surface area (Å²) in [5.74, 6) is 6.13. The molecule has 0 radical (unpaired) electrons. The summed E-state index contributed by atoms with van der Waals surface area (Å²) < 4.78 is 0. The Morgan fingerprint density at radius 1 is 1.45 bits per heavy atom. The molecule has 20 heavy (non-hydrogen) atoms. The topological polar surface area (TPSA) is 80.0 Å². The average Bonchev–Trinajstić information content (AvgIpc) is 2.41. The minimum Gasteiger partial charge on any atom is -0.351 e. The number of rotatable bonds is 5. The van der Waals surface area contributed by atoms with Crippen LogP contribution in [0, 0.1) is 5.41 Å². The van der Waals surface area contributed by atoms with Crippen molar-refractivity contribution in [3.05, 3.63) is 23.4 Å². The minimum absolute atomic E-state index is 0.0566.